The Bertz CT molecular complexity index is 507. The van der Waals surface area contributed by atoms with Crippen LogP contribution in [0.1, 0.15) is 37.8 Å². The molecule has 0 atom stereocenters. The minimum absolute atomic E-state index is 0.644. The highest BCUT2D eigenvalue weighted by Gasteiger charge is 2.34. The third kappa shape index (κ3) is 3.82. The van der Waals surface area contributed by atoms with Crippen LogP contribution in [-0.2, 0) is 12.8 Å². The third-order valence-corrected chi connectivity index (χ3v) is 6.07. The van der Waals surface area contributed by atoms with Crippen molar-refractivity contribution in [2.75, 3.05) is 0 Å². The highest BCUT2D eigenvalue weighted by atomic mass is 28.4. The summed E-state index contributed by atoms with van der Waals surface area (Å²) >= 11 is 0. The van der Waals surface area contributed by atoms with Gasteiger partial charge in [-0.2, -0.15) is 0 Å². The van der Waals surface area contributed by atoms with Crippen LogP contribution in [0.3, 0.4) is 0 Å². The Kier molecular flexibility index (Phi) is 5.34. The van der Waals surface area contributed by atoms with Crippen LogP contribution in [-0.4, -0.2) is 18.2 Å². The van der Waals surface area contributed by atoms with Gasteiger partial charge < -0.3 is 9.59 Å². The van der Waals surface area contributed by atoms with Crippen LogP contribution in [0.4, 0.5) is 0 Å². The fourth-order valence-corrected chi connectivity index (χ4v) is 4.15. The molecular weight excluding hydrogens is 276 g/mol. The van der Waals surface area contributed by atoms with Crippen LogP contribution < -0.4 is 10.4 Å². The summed E-state index contributed by atoms with van der Waals surface area (Å²) in [6.07, 6.45) is 4.24. The summed E-state index contributed by atoms with van der Waals surface area (Å²) in [6, 6.07) is 15.4. The van der Waals surface area contributed by atoms with E-state index in [0.717, 1.165) is 25.7 Å². The first-order chi connectivity index (χ1) is 10.1. The second-order valence-electron chi connectivity index (χ2n) is 5.57. The fraction of sp³-hybridized carbons (Fsp3) is 0.333. The summed E-state index contributed by atoms with van der Waals surface area (Å²) in [5.74, 6) is 0. The molecule has 0 saturated heterocycles. The van der Waals surface area contributed by atoms with Crippen molar-refractivity contribution in [3.63, 3.8) is 0 Å². The zero-order valence-corrected chi connectivity index (χ0v) is 13.8. The summed E-state index contributed by atoms with van der Waals surface area (Å²) < 4.78 is 0. The second-order valence-corrected chi connectivity index (χ2v) is 8.07. The lowest BCUT2D eigenvalue weighted by Gasteiger charge is -2.19. The Morgan fingerprint density at radius 3 is 1.29 bits per heavy atom. The minimum atomic E-state index is -3.55. The molecule has 3 heteroatoms. The molecule has 0 saturated carbocycles. The lowest BCUT2D eigenvalue weighted by Crippen LogP contribution is -2.59. The van der Waals surface area contributed by atoms with E-state index in [9.17, 15) is 9.59 Å². The predicted molar refractivity (Wildman–Crippen MR) is 90.3 cm³/mol. The topological polar surface area (TPSA) is 40.5 Å². The Labute approximate surface area is 128 Å². The number of aryl methyl sites for hydroxylation is 2. The minimum Gasteiger partial charge on any atom is -0.404 e. The van der Waals surface area contributed by atoms with Crippen LogP contribution in [0.15, 0.2) is 48.5 Å². The van der Waals surface area contributed by atoms with Gasteiger partial charge in [0.2, 0.25) is 0 Å². The second kappa shape index (κ2) is 7.03. The van der Waals surface area contributed by atoms with Crippen molar-refractivity contribution in [1.82, 2.24) is 0 Å². The largest absolute Gasteiger partial charge is 0.404 e. The fourth-order valence-electron chi connectivity index (χ4n) is 2.55. The van der Waals surface area contributed by atoms with Crippen molar-refractivity contribution in [2.24, 2.45) is 0 Å². The lowest BCUT2D eigenvalue weighted by molar-refractivity contribution is 0.401. The molecule has 0 heterocycles. The molecule has 0 amide bonds. The highest BCUT2D eigenvalue weighted by Crippen LogP contribution is 2.06. The molecule has 0 aromatic heterocycles. The van der Waals surface area contributed by atoms with Gasteiger partial charge in [0.05, 0.1) is 0 Å². The first-order valence-corrected chi connectivity index (χ1v) is 9.61. The Morgan fingerprint density at radius 2 is 1.00 bits per heavy atom. The van der Waals surface area contributed by atoms with Gasteiger partial charge in [0.25, 0.3) is 0 Å². The van der Waals surface area contributed by atoms with Gasteiger partial charge in [-0.15, -0.1) is 0 Å². The first-order valence-electron chi connectivity index (χ1n) is 7.71. The molecule has 0 spiro atoms. The zero-order valence-electron chi connectivity index (χ0n) is 12.8. The number of benzene rings is 2. The molecule has 0 bridgehead atoms. The molecule has 2 nitrogen and oxygen atoms in total. The predicted octanol–water partition coefficient (Wildman–Crippen LogP) is 2.13. The summed E-state index contributed by atoms with van der Waals surface area (Å²) in [5.41, 5.74) is 2.48. The molecule has 0 aliphatic carbocycles. The van der Waals surface area contributed by atoms with Gasteiger partial charge in [-0.3, -0.25) is 0 Å². The van der Waals surface area contributed by atoms with Gasteiger partial charge in [-0.05, 0) is 34.3 Å². The first kappa shape index (κ1) is 16.0. The quantitative estimate of drug-likeness (QED) is 0.803. The van der Waals surface area contributed by atoms with Crippen molar-refractivity contribution in [1.29, 1.82) is 0 Å². The maximum atomic E-state index is 10.6. The monoisotopic (exact) mass is 300 g/mol. The van der Waals surface area contributed by atoms with Gasteiger partial charge in [0, 0.05) is 0 Å². The normalized spacial score (nSPS) is 11.6. The molecule has 2 aromatic carbocycles. The van der Waals surface area contributed by atoms with E-state index >= 15 is 0 Å². The van der Waals surface area contributed by atoms with Crippen molar-refractivity contribution in [3.05, 3.63) is 59.7 Å². The molecule has 0 unspecified atom stereocenters. The van der Waals surface area contributed by atoms with Crippen molar-refractivity contribution in [3.8, 4) is 0 Å². The summed E-state index contributed by atoms with van der Waals surface area (Å²) in [4.78, 5) is 21.2. The van der Waals surface area contributed by atoms with E-state index < -0.39 is 8.56 Å². The van der Waals surface area contributed by atoms with Gasteiger partial charge in [-0.25, -0.2) is 0 Å². The highest BCUT2D eigenvalue weighted by molar-refractivity contribution is 6.90. The number of hydrogen-bond acceptors (Lipinski definition) is 2. The molecular formula is C18H24O2Si. The molecule has 2 N–H and O–H groups in total. The molecule has 21 heavy (non-hydrogen) atoms. The van der Waals surface area contributed by atoms with E-state index in [4.69, 9.17) is 0 Å². The summed E-state index contributed by atoms with van der Waals surface area (Å²) in [7, 11) is -3.55. The molecule has 0 aliphatic heterocycles. The Hall–Kier alpha value is -1.42. The van der Waals surface area contributed by atoms with Crippen LogP contribution in [0.2, 0.25) is 0 Å². The number of hydrogen-bond donors (Lipinski definition) is 2. The third-order valence-electron chi connectivity index (χ3n) is 3.79. The molecule has 0 radical (unpaired) electrons. The van der Waals surface area contributed by atoms with E-state index in [1.807, 2.05) is 48.5 Å². The smallest absolute Gasteiger partial charge is 0.401 e. The van der Waals surface area contributed by atoms with E-state index in [-0.39, 0.29) is 0 Å². The van der Waals surface area contributed by atoms with Crippen molar-refractivity contribution >= 4 is 18.9 Å². The van der Waals surface area contributed by atoms with Crippen molar-refractivity contribution in [2.45, 2.75) is 39.5 Å². The van der Waals surface area contributed by atoms with Gasteiger partial charge in [0.1, 0.15) is 0 Å². The van der Waals surface area contributed by atoms with Crippen LogP contribution in [0.25, 0.3) is 0 Å². The van der Waals surface area contributed by atoms with Gasteiger partial charge >= 0.3 is 8.56 Å². The van der Waals surface area contributed by atoms with E-state index in [1.54, 1.807) is 0 Å². The molecule has 2 aromatic rings. The number of rotatable bonds is 6. The molecule has 112 valence electrons. The lowest BCUT2D eigenvalue weighted by atomic mass is 10.1. The maximum absolute atomic E-state index is 10.6. The van der Waals surface area contributed by atoms with E-state index in [0.29, 0.717) is 10.4 Å². The maximum Gasteiger partial charge on any atom is 0.401 e. The SMILES string of the molecule is CCCc1ccc([Si](O)(O)c2ccc(CCC)cc2)cc1. The summed E-state index contributed by atoms with van der Waals surface area (Å²) in [6.45, 7) is 4.28. The van der Waals surface area contributed by atoms with E-state index in [1.165, 1.54) is 11.1 Å². The van der Waals surface area contributed by atoms with Crippen LogP contribution in [0, 0.1) is 0 Å². The van der Waals surface area contributed by atoms with Gasteiger partial charge in [-0.1, -0.05) is 75.2 Å². The molecule has 2 rings (SSSR count). The summed E-state index contributed by atoms with van der Waals surface area (Å²) in [5, 5.41) is 1.29. The average Bonchev–Trinajstić information content (AvgIpc) is 2.49. The molecule has 0 fully saturated rings. The Morgan fingerprint density at radius 1 is 0.667 bits per heavy atom. The Balaban J connectivity index is 2.23. The van der Waals surface area contributed by atoms with Crippen LogP contribution >= 0.6 is 0 Å². The zero-order chi connectivity index (χ0) is 15.3. The standard InChI is InChI=1S/C18H24O2Si/c1-3-5-15-7-11-17(12-8-15)21(19,20)18-13-9-16(6-4-2)10-14-18/h7-14,19-20H,3-6H2,1-2H3. The molecule has 0 aliphatic rings. The van der Waals surface area contributed by atoms with Crippen molar-refractivity contribution < 1.29 is 9.59 Å². The van der Waals surface area contributed by atoms with Gasteiger partial charge in [0.15, 0.2) is 0 Å². The van der Waals surface area contributed by atoms with E-state index in [2.05, 4.69) is 13.8 Å². The average molecular weight is 300 g/mol. The van der Waals surface area contributed by atoms with Crippen LogP contribution in [0.5, 0.6) is 0 Å².